The van der Waals surface area contributed by atoms with E-state index in [9.17, 15) is 8.42 Å². The van der Waals surface area contributed by atoms with Gasteiger partial charge >= 0.3 is 0 Å². The lowest BCUT2D eigenvalue weighted by molar-refractivity contribution is 0.157. The van der Waals surface area contributed by atoms with Gasteiger partial charge in [-0.25, -0.2) is 13.4 Å². The largest absolute Gasteiger partial charge is 0.384 e. The number of hydrogen-bond acceptors (Lipinski definition) is 4. The summed E-state index contributed by atoms with van der Waals surface area (Å²) in [4.78, 5) is 4.07. The minimum Gasteiger partial charge on any atom is -0.384 e. The summed E-state index contributed by atoms with van der Waals surface area (Å²) >= 11 is 0. The first-order valence-corrected chi connectivity index (χ1v) is 7.99. The van der Waals surface area contributed by atoms with Crippen LogP contribution < -0.4 is 5.73 Å². The number of piperidine rings is 1. The smallest absolute Gasteiger partial charge is 0.243 e. The molecule has 1 saturated heterocycles. The minimum absolute atomic E-state index is 0.00981. The molecule has 0 bridgehead atoms. The zero-order chi connectivity index (χ0) is 14.2. The Morgan fingerprint density at radius 2 is 2.05 bits per heavy atom. The topological polar surface area (TPSA) is 76.3 Å². The Bertz CT molecular complexity index is 559. The van der Waals surface area contributed by atoms with E-state index >= 15 is 0 Å². The normalized spacial score (nSPS) is 29.3. The molecule has 2 N–H and O–H groups in total. The molecule has 2 rings (SSSR count). The molecule has 1 aromatic heterocycles. The van der Waals surface area contributed by atoms with E-state index in [1.165, 1.54) is 18.3 Å². The highest BCUT2D eigenvalue weighted by Gasteiger charge is 2.37. The van der Waals surface area contributed by atoms with Crippen LogP contribution in [-0.2, 0) is 10.0 Å². The van der Waals surface area contributed by atoms with Gasteiger partial charge in [0.05, 0.1) is 4.90 Å². The molecule has 6 heteroatoms. The molecule has 0 spiro atoms. The van der Waals surface area contributed by atoms with E-state index in [-0.39, 0.29) is 16.8 Å². The second-order valence-electron chi connectivity index (χ2n) is 5.55. The first-order valence-electron chi connectivity index (χ1n) is 6.55. The van der Waals surface area contributed by atoms with Gasteiger partial charge < -0.3 is 5.73 Å². The number of pyridine rings is 1. The SMILES string of the molecule is CC1CC(C)C(C)N(S(=O)(=O)c2ccnc(N)c2)C1. The van der Waals surface area contributed by atoms with Crippen LogP contribution in [0.1, 0.15) is 27.2 Å². The fourth-order valence-electron chi connectivity index (χ4n) is 2.70. The molecular formula is C13H21N3O2S. The van der Waals surface area contributed by atoms with Crippen LogP contribution >= 0.6 is 0 Å². The number of sulfonamides is 1. The third-order valence-electron chi connectivity index (χ3n) is 3.90. The van der Waals surface area contributed by atoms with E-state index in [1.807, 2.05) is 6.92 Å². The Balaban J connectivity index is 2.38. The zero-order valence-electron chi connectivity index (χ0n) is 11.6. The summed E-state index contributed by atoms with van der Waals surface area (Å²) in [5, 5.41) is 0. The third kappa shape index (κ3) is 2.74. The second kappa shape index (κ2) is 5.09. The van der Waals surface area contributed by atoms with Crippen LogP contribution in [-0.4, -0.2) is 30.3 Å². The van der Waals surface area contributed by atoms with Crippen molar-refractivity contribution in [1.29, 1.82) is 0 Å². The number of anilines is 1. The average Bonchev–Trinajstić information content (AvgIpc) is 2.33. The highest BCUT2D eigenvalue weighted by atomic mass is 32.2. The molecule has 106 valence electrons. The van der Waals surface area contributed by atoms with Crippen molar-refractivity contribution in [3.8, 4) is 0 Å². The molecule has 0 aromatic carbocycles. The lowest BCUT2D eigenvalue weighted by atomic mass is 9.88. The van der Waals surface area contributed by atoms with E-state index in [0.29, 0.717) is 18.4 Å². The van der Waals surface area contributed by atoms with Crippen LogP contribution in [0.2, 0.25) is 0 Å². The summed E-state index contributed by atoms with van der Waals surface area (Å²) in [7, 11) is -3.49. The molecule has 3 unspecified atom stereocenters. The number of hydrogen-bond donors (Lipinski definition) is 1. The zero-order valence-corrected chi connectivity index (χ0v) is 12.4. The van der Waals surface area contributed by atoms with Gasteiger partial charge in [-0.05, 0) is 31.2 Å². The number of rotatable bonds is 2. The molecule has 19 heavy (non-hydrogen) atoms. The number of aromatic nitrogens is 1. The highest BCUT2D eigenvalue weighted by molar-refractivity contribution is 7.89. The van der Waals surface area contributed by atoms with E-state index in [0.717, 1.165) is 6.42 Å². The summed E-state index contributed by atoms with van der Waals surface area (Å²) in [5.41, 5.74) is 5.58. The van der Waals surface area contributed by atoms with Crippen molar-refractivity contribution >= 4 is 15.8 Å². The van der Waals surface area contributed by atoms with Crippen molar-refractivity contribution in [2.45, 2.75) is 38.1 Å². The van der Waals surface area contributed by atoms with Gasteiger partial charge in [-0.15, -0.1) is 0 Å². The molecule has 2 heterocycles. The Morgan fingerprint density at radius 1 is 1.37 bits per heavy atom. The van der Waals surface area contributed by atoms with Gasteiger partial charge in [-0.1, -0.05) is 13.8 Å². The highest BCUT2D eigenvalue weighted by Crippen LogP contribution is 2.31. The van der Waals surface area contributed by atoms with Crippen molar-refractivity contribution in [3.05, 3.63) is 18.3 Å². The predicted molar refractivity (Wildman–Crippen MR) is 74.9 cm³/mol. The van der Waals surface area contributed by atoms with Gasteiger partial charge in [0.25, 0.3) is 0 Å². The first kappa shape index (κ1) is 14.3. The molecule has 0 amide bonds. The van der Waals surface area contributed by atoms with Crippen LogP contribution in [0.25, 0.3) is 0 Å². The molecule has 1 fully saturated rings. The summed E-state index contributed by atoms with van der Waals surface area (Å²) in [6.45, 7) is 6.73. The average molecular weight is 283 g/mol. The molecule has 5 nitrogen and oxygen atoms in total. The molecule has 0 aliphatic carbocycles. The fourth-order valence-corrected chi connectivity index (χ4v) is 4.57. The standard InChI is InChI=1S/C13H21N3O2S/c1-9-6-10(2)11(3)16(8-9)19(17,18)12-4-5-15-13(14)7-12/h4-5,7,9-11H,6,8H2,1-3H3,(H2,14,15). The van der Waals surface area contributed by atoms with Crippen LogP contribution in [0.5, 0.6) is 0 Å². The van der Waals surface area contributed by atoms with E-state index < -0.39 is 10.0 Å². The van der Waals surface area contributed by atoms with Gasteiger partial charge in [0.15, 0.2) is 0 Å². The molecule has 1 aliphatic heterocycles. The van der Waals surface area contributed by atoms with E-state index in [1.54, 1.807) is 4.31 Å². The summed E-state index contributed by atoms with van der Waals surface area (Å²) < 4.78 is 27.0. The quantitative estimate of drug-likeness (QED) is 0.896. The maximum absolute atomic E-state index is 12.7. The summed E-state index contributed by atoms with van der Waals surface area (Å²) in [6, 6.07) is 2.93. The predicted octanol–water partition coefficient (Wildman–Crippen LogP) is 1.72. The monoisotopic (exact) mass is 283 g/mol. The van der Waals surface area contributed by atoms with Crippen molar-refractivity contribution < 1.29 is 8.42 Å². The Kier molecular flexibility index (Phi) is 3.82. The summed E-state index contributed by atoms with van der Waals surface area (Å²) in [6.07, 6.45) is 2.50. The van der Waals surface area contributed by atoms with E-state index in [2.05, 4.69) is 18.8 Å². The Hall–Kier alpha value is -1.14. The van der Waals surface area contributed by atoms with Crippen LogP contribution in [0.15, 0.2) is 23.2 Å². The minimum atomic E-state index is -3.49. The van der Waals surface area contributed by atoms with Crippen molar-refractivity contribution in [2.75, 3.05) is 12.3 Å². The van der Waals surface area contributed by atoms with E-state index in [4.69, 9.17) is 5.73 Å². The summed E-state index contributed by atoms with van der Waals surface area (Å²) in [5.74, 6) is 0.963. The van der Waals surface area contributed by atoms with Crippen molar-refractivity contribution in [3.63, 3.8) is 0 Å². The van der Waals surface area contributed by atoms with Crippen LogP contribution in [0.4, 0.5) is 5.82 Å². The number of nitrogens with zero attached hydrogens (tertiary/aromatic N) is 2. The fraction of sp³-hybridized carbons (Fsp3) is 0.615. The maximum Gasteiger partial charge on any atom is 0.243 e. The lowest BCUT2D eigenvalue weighted by Gasteiger charge is -2.39. The van der Waals surface area contributed by atoms with Gasteiger partial charge in [0, 0.05) is 24.8 Å². The van der Waals surface area contributed by atoms with Crippen LogP contribution in [0.3, 0.4) is 0 Å². The molecule has 3 atom stereocenters. The van der Waals surface area contributed by atoms with Gasteiger partial charge in [-0.3, -0.25) is 0 Å². The van der Waals surface area contributed by atoms with Gasteiger partial charge in [-0.2, -0.15) is 4.31 Å². The molecule has 0 saturated carbocycles. The Morgan fingerprint density at radius 3 is 2.68 bits per heavy atom. The lowest BCUT2D eigenvalue weighted by Crippen LogP contribution is -2.48. The molecule has 1 aliphatic rings. The third-order valence-corrected chi connectivity index (χ3v) is 5.85. The molecule has 1 aromatic rings. The van der Waals surface area contributed by atoms with Crippen LogP contribution in [0, 0.1) is 11.8 Å². The van der Waals surface area contributed by atoms with Gasteiger partial charge in [0.1, 0.15) is 5.82 Å². The number of nitrogen functional groups attached to an aromatic ring is 1. The Labute approximate surface area is 114 Å². The molecular weight excluding hydrogens is 262 g/mol. The second-order valence-corrected chi connectivity index (χ2v) is 7.44. The van der Waals surface area contributed by atoms with Gasteiger partial charge in [0.2, 0.25) is 10.0 Å². The molecule has 0 radical (unpaired) electrons. The first-order chi connectivity index (χ1) is 8.82. The van der Waals surface area contributed by atoms with Crippen molar-refractivity contribution in [1.82, 2.24) is 9.29 Å². The number of nitrogens with two attached hydrogens (primary N) is 1. The van der Waals surface area contributed by atoms with Crippen molar-refractivity contribution in [2.24, 2.45) is 11.8 Å². The maximum atomic E-state index is 12.7.